The highest BCUT2D eigenvalue weighted by Gasteiger charge is 2.12. The second kappa shape index (κ2) is 5.76. The van der Waals surface area contributed by atoms with E-state index in [2.05, 4.69) is 20.8 Å². The Hall–Kier alpha value is -1.71. The Morgan fingerprint density at radius 2 is 1.94 bits per heavy atom. The molecule has 0 aliphatic heterocycles. The molecule has 1 aromatic rings. The fourth-order valence-electron chi connectivity index (χ4n) is 1.42. The number of nitrogen functional groups attached to an aromatic ring is 1. The number of benzene rings is 1. The molecule has 4 heteroatoms. The molecule has 0 amide bonds. The first-order valence-corrected chi connectivity index (χ1v) is 5.99. The summed E-state index contributed by atoms with van der Waals surface area (Å²) < 4.78 is 10.9. The molecule has 3 N–H and O–H groups in total. The first-order valence-electron chi connectivity index (χ1n) is 5.99. The lowest BCUT2D eigenvalue weighted by molar-refractivity contribution is 0.234. The second-order valence-electron chi connectivity index (χ2n) is 5.44. The van der Waals surface area contributed by atoms with Crippen LogP contribution in [0.25, 0.3) is 0 Å². The molecule has 0 bridgehead atoms. The molecule has 4 nitrogen and oxygen atoms in total. The van der Waals surface area contributed by atoms with Crippen LogP contribution in [0.2, 0.25) is 0 Å². The maximum absolute atomic E-state index is 7.38. The van der Waals surface area contributed by atoms with Gasteiger partial charge in [-0.05, 0) is 30.0 Å². The Balaban J connectivity index is 2.74. The largest absolute Gasteiger partial charge is 0.493 e. The molecule has 0 unspecified atom stereocenters. The second-order valence-corrected chi connectivity index (χ2v) is 5.44. The van der Waals surface area contributed by atoms with Gasteiger partial charge in [-0.2, -0.15) is 0 Å². The van der Waals surface area contributed by atoms with Crippen molar-refractivity contribution in [2.45, 2.75) is 27.2 Å². The van der Waals surface area contributed by atoms with Gasteiger partial charge in [0.25, 0.3) is 0 Å². The first-order chi connectivity index (χ1) is 8.33. The maximum Gasteiger partial charge on any atom is 0.161 e. The first kappa shape index (κ1) is 14.4. The summed E-state index contributed by atoms with van der Waals surface area (Å²) in [5.74, 6) is 1.32. The SMILES string of the molecule is COc1cc(C(=N)N)ccc1OCCC(C)(C)C. The van der Waals surface area contributed by atoms with Crippen LogP contribution in [0, 0.1) is 10.8 Å². The van der Waals surface area contributed by atoms with Crippen LogP contribution < -0.4 is 15.2 Å². The number of hydrogen-bond acceptors (Lipinski definition) is 3. The Kier molecular flexibility index (Phi) is 4.59. The molecule has 1 rings (SSSR count). The molecular formula is C14H22N2O2. The zero-order valence-corrected chi connectivity index (χ0v) is 11.5. The van der Waals surface area contributed by atoms with Gasteiger partial charge in [0.2, 0.25) is 0 Å². The summed E-state index contributed by atoms with van der Waals surface area (Å²) in [5.41, 5.74) is 6.31. The van der Waals surface area contributed by atoms with Gasteiger partial charge in [-0.3, -0.25) is 5.41 Å². The molecule has 0 aliphatic rings. The van der Waals surface area contributed by atoms with Crippen LogP contribution in [-0.4, -0.2) is 19.6 Å². The number of methoxy groups -OCH3 is 1. The van der Waals surface area contributed by atoms with Gasteiger partial charge in [-0.25, -0.2) is 0 Å². The summed E-state index contributed by atoms with van der Waals surface area (Å²) in [6, 6.07) is 5.27. The number of nitrogens with two attached hydrogens (primary N) is 1. The minimum Gasteiger partial charge on any atom is -0.493 e. The molecule has 0 heterocycles. The van der Waals surface area contributed by atoms with E-state index in [1.807, 2.05) is 0 Å². The van der Waals surface area contributed by atoms with Crippen molar-refractivity contribution >= 4 is 5.84 Å². The van der Waals surface area contributed by atoms with Crippen molar-refractivity contribution in [1.29, 1.82) is 5.41 Å². The average molecular weight is 250 g/mol. The van der Waals surface area contributed by atoms with Crippen molar-refractivity contribution in [2.24, 2.45) is 11.1 Å². The topological polar surface area (TPSA) is 68.3 Å². The van der Waals surface area contributed by atoms with Crippen molar-refractivity contribution in [2.75, 3.05) is 13.7 Å². The lowest BCUT2D eigenvalue weighted by atomic mass is 9.93. The monoisotopic (exact) mass is 250 g/mol. The third-order valence-corrected chi connectivity index (χ3v) is 2.58. The van der Waals surface area contributed by atoms with E-state index < -0.39 is 0 Å². The van der Waals surface area contributed by atoms with E-state index in [1.165, 1.54) is 0 Å². The van der Waals surface area contributed by atoms with Gasteiger partial charge < -0.3 is 15.2 Å². The van der Waals surface area contributed by atoms with Crippen LogP contribution in [0.3, 0.4) is 0 Å². The van der Waals surface area contributed by atoms with Gasteiger partial charge in [0.05, 0.1) is 13.7 Å². The van der Waals surface area contributed by atoms with Crippen LogP contribution in [0.15, 0.2) is 18.2 Å². The van der Waals surface area contributed by atoms with E-state index in [1.54, 1.807) is 25.3 Å². The Bertz CT molecular complexity index is 422. The zero-order chi connectivity index (χ0) is 13.8. The summed E-state index contributed by atoms with van der Waals surface area (Å²) in [6.07, 6.45) is 0.963. The zero-order valence-electron chi connectivity index (χ0n) is 11.5. The molecule has 0 atom stereocenters. The van der Waals surface area contributed by atoms with Crippen LogP contribution in [0.4, 0.5) is 0 Å². The third-order valence-electron chi connectivity index (χ3n) is 2.58. The highest BCUT2D eigenvalue weighted by Crippen LogP contribution is 2.29. The number of nitrogens with one attached hydrogen (secondary N) is 1. The molecule has 1 aromatic carbocycles. The number of amidine groups is 1. The average Bonchev–Trinajstić information content (AvgIpc) is 2.27. The summed E-state index contributed by atoms with van der Waals surface area (Å²) in [7, 11) is 1.58. The molecule has 0 fully saturated rings. The van der Waals surface area contributed by atoms with Crippen molar-refractivity contribution in [1.82, 2.24) is 0 Å². The van der Waals surface area contributed by atoms with E-state index in [4.69, 9.17) is 20.6 Å². The fourth-order valence-corrected chi connectivity index (χ4v) is 1.42. The summed E-state index contributed by atoms with van der Waals surface area (Å²) in [5, 5.41) is 7.38. The molecule has 0 saturated carbocycles. The summed E-state index contributed by atoms with van der Waals surface area (Å²) >= 11 is 0. The van der Waals surface area contributed by atoms with Gasteiger partial charge >= 0.3 is 0 Å². The van der Waals surface area contributed by atoms with Gasteiger partial charge in [-0.15, -0.1) is 0 Å². The van der Waals surface area contributed by atoms with Gasteiger partial charge in [-0.1, -0.05) is 20.8 Å². The quantitative estimate of drug-likeness (QED) is 0.623. The number of hydrogen-bond donors (Lipinski definition) is 2. The molecular weight excluding hydrogens is 228 g/mol. The standard InChI is InChI=1S/C14H22N2O2/c1-14(2,3)7-8-18-11-6-5-10(13(15)16)9-12(11)17-4/h5-6,9H,7-8H2,1-4H3,(H3,15,16). The Morgan fingerprint density at radius 3 is 2.44 bits per heavy atom. The molecule has 0 radical (unpaired) electrons. The highest BCUT2D eigenvalue weighted by atomic mass is 16.5. The van der Waals surface area contributed by atoms with Gasteiger partial charge in [0.1, 0.15) is 5.84 Å². The minimum atomic E-state index is 0.0227. The van der Waals surface area contributed by atoms with Crippen molar-refractivity contribution < 1.29 is 9.47 Å². The van der Waals surface area contributed by atoms with E-state index in [-0.39, 0.29) is 11.3 Å². The Morgan fingerprint density at radius 1 is 1.28 bits per heavy atom. The number of rotatable bonds is 5. The van der Waals surface area contributed by atoms with Crippen LogP contribution >= 0.6 is 0 Å². The molecule has 18 heavy (non-hydrogen) atoms. The lowest BCUT2D eigenvalue weighted by Gasteiger charge is -2.19. The normalized spacial score (nSPS) is 11.1. The highest BCUT2D eigenvalue weighted by molar-refractivity contribution is 5.95. The molecule has 0 aliphatic carbocycles. The maximum atomic E-state index is 7.38. The van der Waals surface area contributed by atoms with Crippen LogP contribution in [-0.2, 0) is 0 Å². The van der Waals surface area contributed by atoms with Crippen molar-refractivity contribution in [3.8, 4) is 11.5 Å². The number of ether oxygens (including phenoxy) is 2. The molecule has 100 valence electrons. The van der Waals surface area contributed by atoms with E-state index in [9.17, 15) is 0 Å². The molecule has 0 saturated heterocycles. The summed E-state index contributed by atoms with van der Waals surface area (Å²) in [6.45, 7) is 7.16. The van der Waals surface area contributed by atoms with E-state index in [0.717, 1.165) is 6.42 Å². The lowest BCUT2D eigenvalue weighted by Crippen LogP contribution is -2.13. The van der Waals surface area contributed by atoms with Crippen LogP contribution in [0.1, 0.15) is 32.8 Å². The Labute approximate surface area is 109 Å². The van der Waals surface area contributed by atoms with E-state index >= 15 is 0 Å². The molecule has 0 spiro atoms. The minimum absolute atomic E-state index is 0.0227. The predicted molar refractivity (Wildman–Crippen MR) is 73.6 cm³/mol. The smallest absolute Gasteiger partial charge is 0.161 e. The van der Waals surface area contributed by atoms with Crippen molar-refractivity contribution in [3.63, 3.8) is 0 Å². The van der Waals surface area contributed by atoms with E-state index in [0.29, 0.717) is 23.7 Å². The van der Waals surface area contributed by atoms with Crippen molar-refractivity contribution in [3.05, 3.63) is 23.8 Å². The van der Waals surface area contributed by atoms with Gasteiger partial charge in [0, 0.05) is 5.56 Å². The molecule has 0 aromatic heterocycles. The fraction of sp³-hybridized carbons (Fsp3) is 0.500. The van der Waals surface area contributed by atoms with Gasteiger partial charge in [0.15, 0.2) is 11.5 Å². The third kappa shape index (κ3) is 4.28. The summed E-state index contributed by atoms with van der Waals surface area (Å²) in [4.78, 5) is 0. The predicted octanol–water partition coefficient (Wildman–Crippen LogP) is 2.79. The van der Waals surface area contributed by atoms with Crippen LogP contribution in [0.5, 0.6) is 11.5 Å².